The van der Waals surface area contributed by atoms with Gasteiger partial charge in [-0.2, -0.15) is 5.26 Å². The minimum atomic E-state index is 0.522. The molecule has 9 heteroatoms. The van der Waals surface area contributed by atoms with Crippen molar-refractivity contribution in [2.24, 2.45) is 0 Å². The molecule has 4 heterocycles. The van der Waals surface area contributed by atoms with Crippen LogP contribution in [0.25, 0.3) is 128 Å². The summed E-state index contributed by atoms with van der Waals surface area (Å²) in [6, 6.07) is 77.9. The number of para-hydroxylation sites is 2. The van der Waals surface area contributed by atoms with E-state index in [0.717, 1.165) is 99.6 Å². The molecule has 0 atom stereocenters. The lowest BCUT2D eigenvalue weighted by atomic mass is 10.0. The van der Waals surface area contributed by atoms with Crippen LogP contribution in [-0.4, -0.2) is 34.1 Å². The molecule has 0 spiro atoms. The fourth-order valence-electron chi connectivity index (χ4n) is 9.75. The van der Waals surface area contributed by atoms with Crippen molar-refractivity contribution < 1.29 is 0 Å². The summed E-state index contributed by atoms with van der Waals surface area (Å²) in [7, 11) is 0. The molecule has 4 aromatic heterocycles. The predicted octanol–water partition coefficient (Wildman–Crippen LogP) is 15.3. The van der Waals surface area contributed by atoms with E-state index in [1.54, 1.807) is 12.1 Å². The van der Waals surface area contributed by atoms with Gasteiger partial charge in [-0.3, -0.25) is 4.57 Å². The van der Waals surface area contributed by atoms with Crippen molar-refractivity contribution >= 4 is 49.3 Å². The summed E-state index contributed by atoms with van der Waals surface area (Å²) in [5.74, 6) is 2.18. The Morgan fingerprint density at radius 3 is 1.49 bits per heavy atom. The van der Waals surface area contributed by atoms with Gasteiger partial charge >= 0.3 is 0 Å². The summed E-state index contributed by atoms with van der Waals surface area (Å²) in [5, 5.41) is 13.8. The second kappa shape index (κ2) is 17.3. The Kier molecular flexibility index (Phi) is 10.1. The first-order valence-corrected chi connectivity index (χ1v) is 23.5. The smallest absolute Gasteiger partial charge is 0.235 e. The standard InChI is InChI=1S/C63H37N9/c1-65-48-30-25-42(26-31-48)55-38-54(41-13-5-2-6-14-41)66-63(67-55)72-56-20-12-11-19-50(56)51-32-27-46(37-59(51)72)45-28-33-57-52(35-45)53-36-47(29-34-58(53)71(57)49-17-9-4-10-18-49)62-69-60(43-15-7-3-8-16-43)68-61(70-62)44-23-21-40(39-64)22-24-44/h2-38H. The second-order valence-electron chi connectivity index (χ2n) is 17.5. The van der Waals surface area contributed by atoms with E-state index in [1.165, 1.54) is 0 Å². The molecular formula is C63H37N9. The molecule has 0 aliphatic rings. The number of hydrogen-bond donors (Lipinski definition) is 0. The molecule has 0 aliphatic carbocycles. The molecule has 0 unspecified atom stereocenters. The maximum Gasteiger partial charge on any atom is 0.235 e. The fraction of sp³-hybridized carbons (Fsp3) is 0. The van der Waals surface area contributed by atoms with Crippen molar-refractivity contribution in [1.29, 1.82) is 5.26 Å². The molecule has 334 valence electrons. The van der Waals surface area contributed by atoms with Gasteiger partial charge in [-0.15, -0.1) is 0 Å². The minimum absolute atomic E-state index is 0.522. The van der Waals surface area contributed by atoms with Crippen LogP contribution in [0, 0.1) is 17.9 Å². The Labute approximate surface area is 413 Å². The normalized spacial score (nSPS) is 11.3. The summed E-state index contributed by atoms with van der Waals surface area (Å²) in [4.78, 5) is 29.2. The van der Waals surface area contributed by atoms with E-state index in [9.17, 15) is 5.26 Å². The van der Waals surface area contributed by atoms with Gasteiger partial charge in [0.05, 0.1) is 51.7 Å². The lowest BCUT2D eigenvalue weighted by Gasteiger charge is -2.12. The van der Waals surface area contributed by atoms with Gasteiger partial charge in [-0.05, 0) is 102 Å². The molecule has 0 aliphatic heterocycles. The summed E-state index contributed by atoms with van der Waals surface area (Å²) in [5.41, 5.74) is 14.3. The largest absolute Gasteiger partial charge is 0.309 e. The molecule has 0 saturated carbocycles. The SMILES string of the molecule is [C-]#[N+]c1ccc(-c2cc(-c3ccccc3)nc(-n3c4ccccc4c4ccc(-c5ccc6c(c5)c5cc(-c7nc(-c8ccccc8)nc(-c8ccc(C#N)cc8)n7)ccc5n6-c5ccccc5)cc43)n2)cc1. The highest BCUT2D eigenvalue weighted by atomic mass is 15.2. The summed E-state index contributed by atoms with van der Waals surface area (Å²) >= 11 is 0. The van der Waals surface area contributed by atoms with Crippen LogP contribution < -0.4 is 0 Å². The number of aromatic nitrogens is 7. The first kappa shape index (κ1) is 41.8. The van der Waals surface area contributed by atoms with Crippen LogP contribution >= 0.6 is 0 Å². The molecule has 0 fully saturated rings. The zero-order valence-corrected chi connectivity index (χ0v) is 38.4. The maximum atomic E-state index is 9.52. The molecular weight excluding hydrogens is 883 g/mol. The molecule has 9 aromatic carbocycles. The minimum Gasteiger partial charge on any atom is -0.309 e. The van der Waals surface area contributed by atoms with Gasteiger partial charge in [0.2, 0.25) is 5.95 Å². The van der Waals surface area contributed by atoms with Crippen molar-refractivity contribution in [3.63, 3.8) is 0 Å². The highest BCUT2D eigenvalue weighted by molar-refractivity contribution is 6.13. The van der Waals surface area contributed by atoms with Gasteiger partial charge in [0.25, 0.3) is 0 Å². The second-order valence-corrected chi connectivity index (χ2v) is 17.5. The van der Waals surface area contributed by atoms with E-state index in [1.807, 2.05) is 97.1 Å². The molecule has 13 aromatic rings. The third kappa shape index (κ3) is 7.30. The van der Waals surface area contributed by atoms with E-state index < -0.39 is 0 Å². The van der Waals surface area contributed by atoms with Gasteiger partial charge in [0.15, 0.2) is 23.2 Å². The molecule has 13 rings (SSSR count). The third-order valence-corrected chi connectivity index (χ3v) is 13.3. The lowest BCUT2D eigenvalue weighted by molar-refractivity contribution is 0.996. The highest BCUT2D eigenvalue weighted by Crippen LogP contribution is 2.40. The van der Waals surface area contributed by atoms with Crippen LogP contribution in [0.4, 0.5) is 5.69 Å². The van der Waals surface area contributed by atoms with Crippen LogP contribution in [0.2, 0.25) is 0 Å². The number of hydrogen-bond acceptors (Lipinski definition) is 6. The van der Waals surface area contributed by atoms with E-state index in [4.69, 9.17) is 31.5 Å². The van der Waals surface area contributed by atoms with Crippen molar-refractivity contribution in [1.82, 2.24) is 34.1 Å². The predicted molar refractivity (Wildman–Crippen MR) is 288 cm³/mol. The molecule has 0 N–H and O–H groups in total. The van der Waals surface area contributed by atoms with Crippen molar-refractivity contribution in [2.45, 2.75) is 0 Å². The average Bonchev–Trinajstić information content (AvgIpc) is 3.97. The number of benzene rings is 9. The van der Waals surface area contributed by atoms with E-state index in [2.05, 4.69) is 135 Å². The molecule has 72 heavy (non-hydrogen) atoms. The van der Waals surface area contributed by atoms with Gasteiger partial charge in [0.1, 0.15) is 0 Å². The van der Waals surface area contributed by atoms with Crippen molar-refractivity contribution in [3.05, 3.63) is 241 Å². The summed E-state index contributed by atoms with van der Waals surface area (Å²) < 4.78 is 4.49. The molecule has 0 saturated heterocycles. The van der Waals surface area contributed by atoms with Gasteiger partial charge < -0.3 is 4.57 Å². The fourth-order valence-corrected chi connectivity index (χ4v) is 9.75. The Morgan fingerprint density at radius 2 is 0.833 bits per heavy atom. The van der Waals surface area contributed by atoms with Crippen molar-refractivity contribution in [2.75, 3.05) is 0 Å². The van der Waals surface area contributed by atoms with Crippen LogP contribution in [-0.2, 0) is 0 Å². The van der Waals surface area contributed by atoms with Gasteiger partial charge in [0, 0.05) is 49.5 Å². The number of nitrogens with zero attached hydrogens (tertiary/aromatic N) is 9. The number of rotatable bonds is 8. The van der Waals surface area contributed by atoms with E-state index in [-0.39, 0.29) is 0 Å². The quantitative estimate of drug-likeness (QED) is 0.141. The Hall–Kier alpha value is -10.4. The lowest BCUT2D eigenvalue weighted by Crippen LogP contribution is -2.04. The number of nitriles is 1. The Bertz CT molecular complexity index is 4320. The van der Waals surface area contributed by atoms with E-state index >= 15 is 0 Å². The molecule has 9 nitrogen and oxygen atoms in total. The molecule has 0 bridgehead atoms. The maximum absolute atomic E-state index is 9.52. The summed E-state index contributed by atoms with van der Waals surface area (Å²) in [6.45, 7) is 7.53. The highest BCUT2D eigenvalue weighted by Gasteiger charge is 2.21. The zero-order chi connectivity index (χ0) is 48.1. The Morgan fingerprint density at radius 1 is 0.361 bits per heavy atom. The van der Waals surface area contributed by atoms with Crippen LogP contribution in [0.1, 0.15) is 5.56 Å². The molecule has 0 amide bonds. The topological polar surface area (TPSA) is 102 Å². The number of fused-ring (bicyclic) bond motifs is 6. The van der Waals surface area contributed by atoms with Crippen LogP contribution in [0.5, 0.6) is 0 Å². The Balaban J connectivity index is 0.999. The van der Waals surface area contributed by atoms with Gasteiger partial charge in [-0.25, -0.2) is 29.8 Å². The summed E-state index contributed by atoms with van der Waals surface area (Å²) in [6.07, 6.45) is 0. The average molecular weight is 920 g/mol. The first-order valence-electron chi connectivity index (χ1n) is 23.5. The monoisotopic (exact) mass is 919 g/mol. The zero-order valence-electron chi connectivity index (χ0n) is 38.4. The first-order chi connectivity index (χ1) is 35.6. The van der Waals surface area contributed by atoms with Crippen molar-refractivity contribution in [3.8, 4) is 85.5 Å². The third-order valence-electron chi connectivity index (χ3n) is 13.3. The van der Waals surface area contributed by atoms with Crippen LogP contribution in [0.3, 0.4) is 0 Å². The molecule has 0 radical (unpaired) electrons. The van der Waals surface area contributed by atoms with E-state index in [0.29, 0.717) is 34.7 Å². The van der Waals surface area contributed by atoms with Gasteiger partial charge in [-0.1, -0.05) is 140 Å². The van der Waals surface area contributed by atoms with Crippen LogP contribution in [0.15, 0.2) is 224 Å².